The summed E-state index contributed by atoms with van der Waals surface area (Å²) in [6.45, 7) is 0.675. The lowest BCUT2D eigenvalue weighted by atomic mass is 10.0. The Morgan fingerprint density at radius 2 is 1.93 bits per heavy atom. The van der Waals surface area contributed by atoms with Crippen LogP contribution in [-0.2, 0) is 0 Å². The highest BCUT2D eigenvalue weighted by atomic mass is 19.1. The van der Waals surface area contributed by atoms with Crippen molar-refractivity contribution in [3.8, 4) is 17.1 Å². The molecule has 138 valence electrons. The largest absolute Gasteiger partial charge is 0.497 e. The predicted molar refractivity (Wildman–Crippen MR) is 97.9 cm³/mol. The minimum Gasteiger partial charge on any atom is -0.497 e. The van der Waals surface area contributed by atoms with Gasteiger partial charge in [-0.25, -0.2) is 4.39 Å². The first-order valence-corrected chi connectivity index (χ1v) is 8.83. The molecule has 0 saturated carbocycles. The number of benzene rings is 2. The molecule has 1 aliphatic rings. The molecule has 1 aromatic heterocycles. The molecule has 2 aromatic carbocycles. The van der Waals surface area contributed by atoms with Gasteiger partial charge in [0.15, 0.2) is 11.5 Å². The Morgan fingerprint density at radius 3 is 2.63 bits per heavy atom. The fourth-order valence-electron chi connectivity index (χ4n) is 3.46. The Balaban J connectivity index is 1.55. The van der Waals surface area contributed by atoms with Gasteiger partial charge in [0.2, 0.25) is 0 Å². The first kappa shape index (κ1) is 17.3. The number of carbonyl (C=O) groups excluding carboxylic acids is 1. The summed E-state index contributed by atoms with van der Waals surface area (Å²) < 4.78 is 23.6. The molecule has 3 aromatic rings. The first-order chi connectivity index (χ1) is 13.2. The number of ether oxygens (including phenoxy) is 1. The van der Waals surface area contributed by atoms with Gasteiger partial charge in [-0.1, -0.05) is 17.3 Å². The molecule has 27 heavy (non-hydrogen) atoms. The van der Waals surface area contributed by atoms with Gasteiger partial charge < -0.3 is 14.2 Å². The van der Waals surface area contributed by atoms with E-state index in [4.69, 9.17) is 9.26 Å². The maximum Gasteiger partial charge on any atom is 0.276 e. The fourth-order valence-corrected chi connectivity index (χ4v) is 3.46. The van der Waals surface area contributed by atoms with Crippen molar-refractivity contribution in [3.05, 3.63) is 71.7 Å². The van der Waals surface area contributed by atoms with Gasteiger partial charge in [-0.05, 0) is 54.8 Å². The van der Waals surface area contributed by atoms with E-state index in [-0.39, 0.29) is 23.5 Å². The molecule has 0 unspecified atom stereocenters. The molecule has 1 aliphatic heterocycles. The smallest absolute Gasteiger partial charge is 0.276 e. The molecule has 4 rings (SSSR count). The second kappa shape index (κ2) is 7.23. The van der Waals surface area contributed by atoms with Gasteiger partial charge in [-0.3, -0.25) is 4.79 Å². The second-order valence-corrected chi connectivity index (χ2v) is 6.51. The lowest BCUT2D eigenvalue weighted by molar-refractivity contribution is 0.0725. The number of carbonyl (C=O) groups is 1. The van der Waals surface area contributed by atoms with Crippen LogP contribution in [0.2, 0.25) is 0 Å². The Hall–Kier alpha value is -3.15. The number of nitrogens with zero attached hydrogens (tertiary/aromatic N) is 2. The maximum absolute atomic E-state index is 13.1. The normalized spacial score (nSPS) is 16.5. The average Bonchev–Trinajstić information content (AvgIpc) is 3.38. The highest BCUT2D eigenvalue weighted by Gasteiger charge is 2.32. The summed E-state index contributed by atoms with van der Waals surface area (Å²) in [5, 5.41) is 3.94. The summed E-state index contributed by atoms with van der Waals surface area (Å²) >= 11 is 0. The van der Waals surface area contributed by atoms with Gasteiger partial charge in [-0.15, -0.1) is 0 Å². The standard InChI is InChI=1S/C21H19FN2O3/c1-26-17-10-6-14(7-11-17)19-3-2-12-24(19)21(25)18-13-20(27-23-18)15-4-8-16(22)9-5-15/h4-11,13,19H,2-3,12H2,1H3/t19-/m0/s1. The monoisotopic (exact) mass is 366 g/mol. The molecule has 0 bridgehead atoms. The lowest BCUT2D eigenvalue weighted by Gasteiger charge is -2.24. The van der Waals surface area contributed by atoms with E-state index >= 15 is 0 Å². The van der Waals surface area contributed by atoms with Gasteiger partial charge in [0.05, 0.1) is 13.2 Å². The topological polar surface area (TPSA) is 55.6 Å². The number of methoxy groups -OCH3 is 1. The van der Waals surface area contributed by atoms with Crippen molar-refractivity contribution in [2.75, 3.05) is 13.7 Å². The first-order valence-electron chi connectivity index (χ1n) is 8.83. The summed E-state index contributed by atoms with van der Waals surface area (Å²) in [6.07, 6.45) is 1.84. The third-order valence-electron chi connectivity index (χ3n) is 4.87. The van der Waals surface area contributed by atoms with Crippen LogP contribution in [0.5, 0.6) is 5.75 Å². The average molecular weight is 366 g/mol. The number of halogens is 1. The molecular formula is C21H19FN2O3. The molecule has 1 atom stereocenters. The molecule has 1 saturated heterocycles. The molecule has 0 N–H and O–H groups in total. The second-order valence-electron chi connectivity index (χ2n) is 6.51. The van der Waals surface area contributed by atoms with E-state index in [9.17, 15) is 9.18 Å². The van der Waals surface area contributed by atoms with Crippen molar-refractivity contribution in [2.24, 2.45) is 0 Å². The third-order valence-corrected chi connectivity index (χ3v) is 4.87. The van der Waals surface area contributed by atoms with Crippen molar-refractivity contribution in [2.45, 2.75) is 18.9 Å². The zero-order valence-corrected chi connectivity index (χ0v) is 14.9. The minimum absolute atomic E-state index is 0.00868. The van der Waals surface area contributed by atoms with Crippen LogP contribution in [0.3, 0.4) is 0 Å². The van der Waals surface area contributed by atoms with Crippen LogP contribution in [0, 0.1) is 5.82 Å². The van der Waals surface area contributed by atoms with Gasteiger partial charge in [-0.2, -0.15) is 0 Å². The van der Waals surface area contributed by atoms with E-state index in [1.165, 1.54) is 12.1 Å². The van der Waals surface area contributed by atoms with Crippen LogP contribution in [-0.4, -0.2) is 29.6 Å². The fraction of sp³-hybridized carbons (Fsp3) is 0.238. The number of rotatable bonds is 4. The van der Waals surface area contributed by atoms with E-state index in [2.05, 4.69) is 5.16 Å². The van der Waals surface area contributed by atoms with Crippen LogP contribution in [0.25, 0.3) is 11.3 Å². The number of aromatic nitrogens is 1. The highest BCUT2D eigenvalue weighted by molar-refractivity contribution is 5.93. The zero-order valence-electron chi connectivity index (χ0n) is 14.9. The molecule has 0 radical (unpaired) electrons. The van der Waals surface area contributed by atoms with Crippen LogP contribution in [0.15, 0.2) is 59.1 Å². The maximum atomic E-state index is 13.1. The third kappa shape index (κ3) is 3.43. The number of hydrogen-bond donors (Lipinski definition) is 0. The van der Waals surface area contributed by atoms with E-state index in [0.717, 1.165) is 24.2 Å². The summed E-state index contributed by atoms with van der Waals surface area (Å²) in [6, 6.07) is 15.3. The van der Waals surface area contributed by atoms with Crippen LogP contribution in [0.1, 0.15) is 34.9 Å². The highest BCUT2D eigenvalue weighted by Crippen LogP contribution is 2.34. The quantitative estimate of drug-likeness (QED) is 0.684. The number of likely N-dealkylation sites (tertiary alicyclic amines) is 1. The van der Waals surface area contributed by atoms with Crippen molar-refractivity contribution in [1.29, 1.82) is 0 Å². The van der Waals surface area contributed by atoms with Crippen LogP contribution < -0.4 is 4.74 Å². The van der Waals surface area contributed by atoms with Crippen molar-refractivity contribution in [1.82, 2.24) is 10.1 Å². The summed E-state index contributed by atoms with van der Waals surface area (Å²) in [5.41, 5.74) is 2.01. The van der Waals surface area contributed by atoms with Gasteiger partial charge in [0, 0.05) is 18.2 Å². The Labute approximate surface area is 156 Å². The molecule has 5 nitrogen and oxygen atoms in total. The van der Waals surface area contributed by atoms with Crippen molar-refractivity contribution in [3.63, 3.8) is 0 Å². The molecule has 1 amide bonds. The molecule has 0 aliphatic carbocycles. The minimum atomic E-state index is -0.325. The predicted octanol–water partition coefficient (Wildman–Crippen LogP) is 4.47. The molecule has 2 heterocycles. The zero-order chi connectivity index (χ0) is 18.8. The summed E-state index contributed by atoms with van der Waals surface area (Å²) in [4.78, 5) is 14.8. The van der Waals surface area contributed by atoms with E-state index in [1.807, 2.05) is 29.2 Å². The van der Waals surface area contributed by atoms with Gasteiger partial charge >= 0.3 is 0 Å². The number of amides is 1. The van der Waals surface area contributed by atoms with Crippen molar-refractivity contribution < 1.29 is 18.4 Å². The van der Waals surface area contributed by atoms with E-state index in [0.29, 0.717) is 17.9 Å². The molecular weight excluding hydrogens is 347 g/mol. The van der Waals surface area contributed by atoms with E-state index < -0.39 is 0 Å². The molecule has 0 spiro atoms. The van der Waals surface area contributed by atoms with Crippen molar-refractivity contribution >= 4 is 5.91 Å². The molecule has 1 fully saturated rings. The Morgan fingerprint density at radius 1 is 1.19 bits per heavy atom. The molecule has 6 heteroatoms. The lowest BCUT2D eigenvalue weighted by Crippen LogP contribution is -2.30. The number of hydrogen-bond acceptors (Lipinski definition) is 4. The Kier molecular flexibility index (Phi) is 4.62. The van der Waals surface area contributed by atoms with Crippen LogP contribution >= 0.6 is 0 Å². The van der Waals surface area contributed by atoms with Gasteiger partial charge in [0.25, 0.3) is 5.91 Å². The van der Waals surface area contributed by atoms with Gasteiger partial charge in [0.1, 0.15) is 11.6 Å². The summed E-state index contributed by atoms with van der Waals surface area (Å²) in [5.74, 6) is 0.744. The van der Waals surface area contributed by atoms with Crippen LogP contribution in [0.4, 0.5) is 4.39 Å². The SMILES string of the molecule is COc1ccc([C@@H]2CCCN2C(=O)c2cc(-c3ccc(F)cc3)on2)cc1. The summed E-state index contributed by atoms with van der Waals surface area (Å²) in [7, 11) is 1.63. The van der Waals surface area contributed by atoms with E-state index in [1.54, 1.807) is 25.3 Å². The Bertz CT molecular complexity index is 935.